The van der Waals surface area contributed by atoms with Crippen molar-refractivity contribution in [2.24, 2.45) is 0 Å². The van der Waals surface area contributed by atoms with E-state index in [0.29, 0.717) is 41.4 Å². The Bertz CT molecular complexity index is 1170. The van der Waals surface area contributed by atoms with Crippen LogP contribution >= 0.6 is 11.3 Å². The summed E-state index contributed by atoms with van der Waals surface area (Å²) in [5, 5.41) is 0.430. The number of thiazole rings is 1. The maximum absolute atomic E-state index is 12.3. The number of anilines is 2. The first-order valence-corrected chi connectivity index (χ1v) is 11.4. The van der Waals surface area contributed by atoms with Crippen LogP contribution in [0.2, 0.25) is 0 Å². The van der Waals surface area contributed by atoms with Crippen LogP contribution in [0.1, 0.15) is 29.8 Å². The van der Waals surface area contributed by atoms with Crippen molar-refractivity contribution in [2.75, 3.05) is 37.9 Å². The number of hydrogen-bond acceptors (Lipinski definition) is 10. The maximum atomic E-state index is 12.3. The first-order chi connectivity index (χ1) is 15.7. The third-order valence-electron chi connectivity index (χ3n) is 5.24. The number of nitrogens with zero attached hydrogens (tertiary/aromatic N) is 6. The summed E-state index contributed by atoms with van der Waals surface area (Å²) in [6.45, 7) is 7.18. The molecule has 0 spiro atoms. The highest BCUT2D eigenvalue weighted by atomic mass is 32.1. The first-order valence-electron chi connectivity index (χ1n) is 10.6. The summed E-state index contributed by atoms with van der Waals surface area (Å²) in [4.78, 5) is 34.5. The van der Waals surface area contributed by atoms with Gasteiger partial charge in [0.15, 0.2) is 11.0 Å². The zero-order valence-electron chi connectivity index (χ0n) is 19.3. The largest absolute Gasteiger partial charge is 0.424 e. The Morgan fingerprint density at radius 3 is 2.73 bits per heavy atom. The smallest absolute Gasteiger partial charge is 0.327 e. The van der Waals surface area contributed by atoms with Crippen LogP contribution in [0.25, 0.3) is 10.7 Å². The number of nitrogens with two attached hydrogens (primary N) is 1. The molecule has 11 heteroatoms. The van der Waals surface area contributed by atoms with E-state index in [4.69, 9.17) is 15.2 Å². The average molecular weight is 470 g/mol. The summed E-state index contributed by atoms with van der Waals surface area (Å²) < 4.78 is 11.8. The summed E-state index contributed by atoms with van der Waals surface area (Å²) in [5.74, 6) is 1.42. The highest BCUT2D eigenvalue weighted by Crippen LogP contribution is 2.31. The van der Waals surface area contributed by atoms with E-state index in [-0.39, 0.29) is 24.1 Å². The van der Waals surface area contributed by atoms with Crippen LogP contribution in [-0.4, -0.2) is 70.1 Å². The van der Waals surface area contributed by atoms with Crippen LogP contribution in [0.5, 0.6) is 11.8 Å². The minimum Gasteiger partial charge on any atom is -0.424 e. The second kappa shape index (κ2) is 9.28. The number of rotatable bonds is 5. The Hall–Kier alpha value is -3.31. The van der Waals surface area contributed by atoms with E-state index in [0.717, 1.165) is 10.4 Å². The minimum absolute atomic E-state index is 0.0499. The molecule has 174 valence electrons. The van der Waals surface area contributed by atoms with Gasteiger partial charge in [-0.2, -0.15) is 15.0 Å². The number of aromatic nitrogens is 4. The van der Waals surface area contributed by atoms with Crippen LogP contribution in [0.4, 0.5) is 11.1 Å². The Labute approximate surface area is 196 Å². The van der Waals surface area contributed by atoms with E-state index < -0.39 is 0 Å². The van der Waals surface area contributed by atoms with Gasteiger partial charge in [0, 0.05) is 26.2 Å². The highest BCUT2D eigenvalue weighted by Gasteiger charge is 2.27. The molecular formula is C22H27N7O3S. The minimum atomic E-state index is -0.0763. The number of morpholine rings is 1. The number of hydrogen-bond donors (Lipinski definition) is 1. The molecule has 0 saturated carbocycles. The zero-order valence-corrected chi connectivity index (χ0v) is 20.1. The quantitative estimate of drug-likeness (QED) is 0.601. The van der Waals surface area contributed by atoms with Crippen molar-refractivity contribution in [3.05, 3.63) is 35.5 Å². The summed E-state index contributed by atoms with van der Waals surface area (Å²) >= 11 is 1.30. The van der Waals surface area contributed by atoms with Crippen LogP contribution < -0.4 is 15.4 Å². The number of nitrogen functional groups attached to an aromatic ring is 1. The second-order valence-corrected chi connectivity index (χ2v) is 9.29. The normalized spacial score (nSPS) is 18.3. The Kier molecular flexibility index (Phi) is 6.43. The molecule has 1 aliphatic heterocycles. The van der Waals surface area contributed by atoms with Gasteiger partial charge in [-0.1, -0.05) is 11.3 Å². The van der Waals surface area contributed by atoms with Gasteiger partial charge in [0.1, 0.15) is 5.75 Å². The summed E-state index contributed by atoms with van der Waals surface area (Å²) in [6, 6.07) is 5.51. The fourth-order valence-electron chi connectivity index (χ4n) is 3.46. The van der Waals surface area contributed by atoms with E-state index in [1.807, 2.05) is 13.8 Å². The van der Waals surface area contributed by atoms with Gasteiger partial charge >= 0.3 is 6.01 Å². The third-order valence-corrected chi connectivity index (χ3v) is 6.06. The summed E-state index contributed by atoms with van der Waals surface area (Å²) in [6.07, 6.45) is 1.69. The molecule has 1 saturated heterocycles. The van der Waals surface area contributed by atoms with Crippen molar-refractivity contribution in [1.82, 2.24) is 24.8 Å². The topological polar surface area (TPSA) is 120 Å². The number of aryl methyl sites for hydroxylation is 1. The average Bonchev–Trinajstić information content (AvgIpc) is 3.22. The van der Waals surface area contributed by atoms with Crippen molar-refractivity contribution < 1.29 is 14.3 Å². The summed E-state index contributed by atoms with van der Waals surface area (Å²) in [5.41, 5.74) is 7.20. The molecule has 10 nitrogen and oxygen atoms in total. The summed E-state index contributed by atoms with van der Waals surface area (Å²) in [7, 11) is 3.44. The number of amides is 1. The van der Waals surface area contributed by atoms with Gasteiger partial charge in [0.2, 0.25) is 5.95 Å². The molecule has 1 fully saturated rings. The predicted octanol–water partition coefficient (Wildman–Crippen LogP) is 2.99. The zero-order chi connectivity index (χ0) is 23.7. The lowest BCUT2D eigenvalue weighted by Gasteiger charge is -2.36. The predicted molar refractivity (Wildman–Crippen MR) is 127 cm³/mol. The van der Waals surface area contributed by atoms with E-state index in [1.54, 1.807) is 38.5 Å². The molecule has 1 aromatic carbocycles. The van der Waals surface area contributed by atoms with Crippen molar-refractivity contribution in [3.63, 3.8) is 0 Å². The van der Waals surface area contributed by atoms with Crippen LogP contribution in [0.15, 0.2) is 24.4 Å². The van der Waals surface area contributed by atoms with Crippen molar-refractivity contribution in [3.8, 4) is 22.5 Å². The van der Waals surface area contributed by atoms with E-state index in [1.165, 1.54) is 16.2 Å². The van der Waals surface area contributed by atoms with Crippen LogP contribution in [0, 0.1) is 6.92 Å². The van der Waals surface area contributed by atoms with E-state index in [2.05, 4.69) is 31.8 Å². The molecule has 2 aromatic heterocycles. The molecule has 3 aromatic rings. The van der Waals surface area contributed by atoms with Crippen molar-refractivity contribution in [2.45, 2.75) is 32.9 Å². The fraction of sp³-hybridized carbons (Fsp3) is 0.409. The number of benzene rings is 1. The molecule has 0 aliphatic carbocycles. The second-order valence-electron chi connectivity index (χ2n) is 8.23. The van der Waals surface area contributed by atoms with Crippen LogP contribution in [0.3, 0.4) is 0 Å². The van der Waals surface area contributed by atoms with Crippen molar-refractivity contribution in [1.29, 1.82) is 0 Å². The van der Waals surface area contributed by atoms with Gasteiger partial charge in [-0.05, 0) is 44.5 Å². The molecule has 2 atom stereocenters. The van der Waals surface area contributed by atoms with Gasteiger partial charge in [0.25, 0.3) is 5.91 Å². The standard InChI is InChI=1S/C22H27N7O3S/c1-12-8-15(19(30)28(4)5)6-7-16(12)32-22-26-18(17-9-24-20(23)33-17)25-21(27-22)29-10-14(3)31-11-13(29)2/h6-9,13-14H,10-11H2,1-5H3,(H2,23,24). The highest BCUT2D eigenvalue weighted by molar-refractivity contribution is 7.18. The lowest BCUT2D eigenvalue weighted by molar-refractivity contribution is 0.0336. The third kappa shape index (κ3) is 5.04. The van der Waals surface area contributed by atoms with Crippen LogP contribution in [-0.2, 0) is 4.74 Å². The Morgan fingerprint density at radius 2 is 2.06 bits per heavy atom. The number of ether oxygens (including phenoxy) is 2. The van der Waals surface area contributed by atoms with Gasteiger partial charge in [-0.15, -0.1) is 0 Å². The Morgan fingerprint density at radius 1 is 1.27 bits per heavy atom. The molecule has 33 heavy (non-hydrogen) atoms. The SMILES string of the molecule is Cc1cc(C(=O)N(C)C)ccc1Oc1nc(-c2cnc(N)s2)nc(N2CC(C)OCC2C)n1. The van der Waals surface area contributed by atoms with E-state index >= 15 is 0 Å². The van der Waals surface area contributed by atoms with Gasteiger partial charge in [-0.25, -0.2) is 4.98 Å². The molecule has 3 heterocycles. The van der Waals surface area contributed by atoms with Gasteiger partial charge in [0.05, 0.1) is 29.8 Å². The maximum Gasteiger partial charge on any atom is 0.327 e. The van der Waals surface area contributed by atoms with Gasteiger partial charge in [-0.3, -0.25) is 4.79 Å². The number of carbonyl (C=O) groups is 1. The molecule has 2 unspecified atom stereocenters. The number of carbonyl (C=O) groups excluding carboxylic acids is 1. The fourth-order valence-corrected chi connectivity index (χ4v) is 4.08. The first kappa shape index (κ1) is 22.9. The monoisotopic (exact) mass is 469 g/mol. The molecule has 0 bridgehead atoms. The van der Waals surface area contributed by atoms with Gasteiger partial charge < -0.3 is 25.0 Å². The lowest BCUT2D eigenvalue weighted by atomic mass is 10.1. The molecular weight excluding hydrogens is 442 g/mol. The lowest BCUT2D eigenvalue weighted by Crippen LogP contribution is -2.48. The van der Waals surface area contributed by atoms with E-state index in [9.17, 15) is 4.79 Å². The molecule has 4 rings (SSSR count). The molecule has 1 aliphatic rings. The molecule has 0 radical (unpaired) electrons. The Balaban J connectivity index is 1.71. The molecule has 2 N–H and O–H groups in total. The molecule has 1 amide bonds. The van der Waals surface area contributed by atoms with Crippen molar-refractivity contribution >= 4 is 28.3 Å².